The zero-order valence-electron chi connectivity index (χ0n) is 9.17. The van der Waals surface area contributed by atoms with Gasteiger partial charge < -0.3 is 5.32 Å². The second-order valence-corrected chi connectivity index (χ2v) is 3.74. The van der Waals surface area contributed by atoms with Gasteiger partial charge in [-0.15, -0.1) is 6.58 Å². The molecule has 15 heavy (non-hydrogen) atoms. The molecule has 1 aromatic carbocycles. The van der Waals surface area contributed by atoms with Gasteiger partial charge >= 0.3 is 0 Å². The van der Waals surface area contributed by atoms with Gasteiger partial charge in [-0.05, 0) is 25.8 Å². The predicted molar refractivity (Wildman–Crippen MR) is 62.1 cm³/mol. The first kappa shape index (κ1) is 11.9. The lowest BCUT2D eigenvalue weighted by Crippen LogP contribution is -2.25. The number of nitrogens with one attached hydrogen (secondary N) is 1. The van der Waals surface area contributed by atoms with Crippen molar-refractivity contribution in [1.29, 1.82) is 0 Å². The van der Waals surface area contributed by atoms with Crippen molar-refractivity contribution in [2.75, 3.05) is 0 Å². The minimum absolute atomic E-state index is 0.138. The van der Waals surface area contributed by atoms with Gasteiger partial charge in [-0.25, -0.2) is 4.39 Å². The van der Waals surface area contributed by atoms with E-state index in [2.05, 4.69) is 18.8 Å². The van der Waals surface area contributed by atoms with Crippen LogP contribution in [0.3, 0.4) is 0 Å². The molecule has 0 amide bonds. The third-order valence-corrected chi connectivity index (χ3v) is 2.40. The van der Waals surface area contributed by atoms with Crippen molar-refractivity contribution in [2.45, 2.75) is 32.4 Å². The number of hydrogen-bond acceptors (Lipinski definition) is 1. The first-order valence-corrected chi connectivity index (χ1v) is 5.31. The van der Waals surface area contributed by atoms with E-state index < -0.39 is 0 Å². The zero-order chi connectivity index (χ0) is 11.1. The first-order valence-electron chi connectivity index (χ1n) is 5.31. The van der Waals surface area contributed by atoms with Crippen molar-refractivity contribution in [3.63, 3.8) is 0 Å². The Morgan fingerprint density at radius 1 is 1.47 bits per heavy atom. The van der Waals surface area contributed by atoms with E-state index >= 15 is 0 Å². The SMILES string of the molecule is C=CCCC(C)NCc1ccccc1F. The van der Waals surface area contributed by atoms with Crippen LogP contribution in [0.25, 0.3) is 0 Å². The van der Waals surface area contributed by atoms with E-state index in [9.17, 15) is 4.39 Å². The summed E-state index contributed by atoms with van der Waals surface area (Å²) in [4.78, 5) is 0. The molecule has 0 fully saturated rings. The zero-order valence-corrected chi connectivity index (χ0v) is 9.17. The Bertz CT molecular complexity index is 309. The van der Waals surface area contributed by atoms with Crippen molar-refractivity contribution in [3.05, 3.63) is 48.3 Å². The number of halogens is 1. The summed E-state index contributed by atoms with van der Waals surface area (Å²) >= 11 is 0. The van der Waals surface area contributed by atoms with Gasteiger partial charge in [0.15, 0.2) is 0 Å². The molecular formula is C13H18FN. The summed E-state index contributed by atoms with van der Waals surface area (Å²) in [5.74, 6) is -0.138. The molecule has 0 heterocycles. The number of benzene rings is 1. The smallest absolute Gasteiger partial charge is 0.127 e. The molecule has 0 aromatic heterocycles. The molecule has 1 unspecified atom stereocenters. The maximum Gasteiger partial charge on any atom is 0.127 e. The maximum atomic E-state index is 13.2. The van der Waals surface area contributed by atoms with Crippen molar-refractivity contribution in [2.24, 2.45) is 0 Å². The van der Waals surface area contributed by atoms with Crippen molar-refractivity contribution < 1.29 is 4.39 Å². The van der Waals surface area contributed by atoms with Gasteiger partial charge in [-0.2, -0.15) is 0 Å². The molecule has 1 nitrogen and oxygen atoms in total. The molecule has 0 aliphatic carbocycles. The summed E-state index contributed by atoms with van der Waals surface area (Å²) in [5, 5.41) is 3.29. The van der Waals surface area contributed by atoms with Gasteiger partial charge in [0.1, 0.15) is 5.82 Å². The van der Waals surface area contributed by atoms with Gasteiger partial charge in [0.25, 0.3) is 0 Å². The number of hydrogen-bond donors (Lipinski definition) is 1. The van der Waals surface area contributed by atoms with Crippen LogP contribution in [0, 0.1) is 5.82 Å². The minimum Gasteiger partial charge on any atom is -0.310 e. The van der Waals surface area contributed by atoms with Crippen LogP contribution in [0.5, 0.6) is 0 Å². The molecule has 0 saturated heterocycles. The molecule has 0 saturated carbocycles. The van der Waals surface area contributed by atoms with Gasteiger partial charge in [0, 0.05) is 18.2 Å². The van der Waals surface area contributed by atoms with Gasteiger partial charge in [0.05, 0.1) is 0 Å². The molecule has 1 rings (SSSR count). The molecule has 2 heteroatoms. The molecular weight excluding hydrogens is 189 g/mol. The second kappa shape index (κ2) is 6.36. The fourth-order valence-corrected chi connectivity index (χ4v) is 1.40. The summed E-state index contributed by atoms with van der Waals surface area (Å²) in [7, 11) is 0. The van der Waals surface area contributed by atoms with Crippen LogP contribution in [0.15, 0.2) is 36.9 Å². The van der Waals surface area contributed by atoms with E-state index in [1.165, 1.54) is 6.07 Å². The second-order valence-electron chi connectivity index (χ2n) is 3.74. The third kappa shape index (κ3) is 4.26. The lowest BCUT2D eigenvalue weighted by Gasteiger charge is -2.12. The molecule has 0 radical (unpaired) electrons. The van der Waals surface area contributed by atoms with Crippen LogP contribution in [-0.2, 0) is 6.54 Å². The molecule has 1 N–H and O–H groups in total. The van der Waals surface area contributed by atoms with Gasteiger partial charge in [-0.3, -0.25) is 0 Å². The number of allylic oxidation sites excluding steroid dienone is 1. The highest BCUT2D eigenvalue weighted by Gasteiger charge is 2.03. The monoisotopic (exact) mass is 207 g/mol. The largest absolute Gasteiger partial charge is 0.310 e. The Hall–Kier alpha value is -1.15. The van der Waals surface area contributed by atoms with Gasteiger partial charge in [-0.1, -0.05) is 24.3 Å². The van der Waals surface area contributed by atoms with E-state index in [4.69, 9.17) is 0 Å². The van der Waals surface area contributed by atoms with E-state index in [1.54, 1.807) is 6.07 Å². The minimum atomic E-state index is -0.138. The van der Waals surface area contributed by atoms with E-state index in [0.717, 1.165) is 18.4 Å². The first-order chi connectivity index (χ1) is 7.24. The summed E-state index contributed by atoms with van der Waals surface area (Å²) < 4.78 is 13.2. The highest BCUT2D eigenvalue weighted by molar-refractivity contribution is 5.16. The highest BCUT2D eigenvalue weighted by atomic mass is 19.1. The summed E-state index contributed by atoms with van der Waals surface area (Å²) in [5.41, 5.74) is 0.725. The van der Waals surface area contributed by atoms with E-state index in [-0.39, 0.29) is 5.82 Å². The molecule has 0 spiro atoms. The summed E-state index contributed by atoms with van der Waals surface area (Å²) in [6.45, 7) is 6.37. The normalized spacial score (nSPS) is 12.4. The molecule has 1 atom stereocenters. The van der Waals surface area contributed by atoms with Crippen LogP contribution in [-0.4, -0.2) is 6.04 Å². The summed E-state index contributed by atoms with van der Waals surface area (Å²) in [6, 6.07) is 7.25. The quantitative estimate of drug-likeness (QED) is 0.706. The fraction of sp³-hybridized carbons (Fsp3) is 0.385. The Balaban J connectivity index is 2.36. The van der Waals surface area contributed by atoms with Crippen LogP contribution < -0.4 is 5.32 Å². The topological polar surface area (TPSA) is 12.0 Å². The van der Waals surface area contributed by atoms with Crippen LogP contribution in [0.1, 0.15) is 25.3 Å². The standard InChI is InChI=1S/C13H18FN/c1-3-4-7-11(2)15-10-12-8-5-6-9-13(12)14/h3,5-6,8-9,11,15H,1,4,7,10H2,2H3. The lowest BCUT2D eigenvalue weighted by molar-refractivity contribution is 0.504. The molecule has 0 aliphatic heterocycles. The molecule has 0 aliphatic rings. The fourth-order valence-electron chi connectivity index (χ4n) is 1.40. The van der Waals surface area contributed by atoms with Crippen LogP contribution >= 0.6 is 0 Å². The predicted octanol–water partition coefficient (Wildman–Crippen LogP) is 3.27. The molecule has 82 valence electrons. The van der Waals surface area contributed by atoms with E-state index in [1.807, 2.05) is 18.2 Å². The lowest BCUT2D eigenvalue weighted by atomic mass is 10.1. The average molecular weight is 207 g/mol. The van der Waals surface area contributed by atoms with Crippen molar-refractivity contribution >= 4 is 0 Å². The highest BCUT2D eigenvalue weighted by Crippen LogP contribution is 2.06. The molecule has 1 aromatic rings. The Labute approximate surface area is 91.0 Å². The van der Waals surface area contributed by atoms with Crippen molar-refractivity contribution in [3.8, 4) is 0 Å². The maximum absolute atomic E-state index is 13.2. The van der Waals surface area contributed by atoms with Crippen molar-refractivity contribution in [1.82, 2.24) is 5.32 Å². The Kier molecular flexibility index (Phi) is 5.05. The molecule has 0 bridgehead atoms. The summed E-state index contributed by atoms with van der Waals surface area (Å²) in [6.07, 6.45) is 3.94. The average Bonchev–Trinajstić information content (AvgIpc) is 2.25. The van der Waals surface area contributed by atoms with Gasteiger partial charge in [0.2, 0.25) is 0 Å². The third-order valence-electron chi connectivity index (χ3n) is 2.40. The number of rotatable bonds is 6. The van der Waals surface area contributed by atoms with Crippen LogP contribution in [0.2, 0.25) is 0 Å². The van der Waals surface area contributed by atoms with Crippen LogP contribution in [0.4, 0.5) is 4.39 Å². The van der Waals surface area contributed by atoms with E-state index in [0.29, 0.717) is 12.6 Å². The Morgan fingerprint density at radius 3 is 2.87 bits per heavy atom. The Morgan fingerprint density at radius 2 is 2.20 bits per heavy atom.